The van der Waals surface area contributed by atoms with Crippen molar-refractivity contribution in [2.24, 2.45) is 7.05 Å². The number of hydrogen-bond acceptors (Lipinski definition) is 5. The number of para-hydroxylation sites is 1. The third-order valence-electron chi connectivity index (χ3n) is 6.03. The molecule has 1 atom stereocenters. The highest BCUT2D eigenvalue weighted by Crippen LogP contribution is 2.29. The molecule has 1 aromatic carbocycles. The second-order valence-electron chi connectivity index (χ2n) is 8.20. The summed E-state index contributed by atoms with van der Waals surface area (Å²) in [6.07, 6.45) is 3.91. The third kappa shape index (κ3) is 4.04. The van der Waals surface area contributed by atoms with Gasteiger partial charge in [-0.05, 0) is 58.1 Å². The molecule has 1 unspecified atom stereocenters. The number of carbonyl (C=O) groups excluding carboxylic acids is 2. The van der Waals surface area contributed by atoms with Gasteiger partial charge >= 0.3 is 5.97 Å². The van der Waals surface area contributed by atoms with E-state index in [0.29, 0.717) is 11.3 Å². The number of hydrogen-bond donors (Lipinski definition) is 1. The van der Waals surface area contributed by atoms with Crippen LogP contribution in [0.2, 0.25) is 0 Å². The molecule has 1 aliphatic rings. The fourth-order valence-electron chi connectivity index (χ4n) is 4.23. The van der Waals surface area contributed by atoms with Crippen molar-refractivity contribution in [2.45, 2.75) is 59.0 Å². The van der Waals surface area contributed by atoms with E-state index in [-0.39, 0.29) is 5.91 Å². The van der Waals surface area contributed by atoms with Crippen LogP contribution in [0.15, 0.2) is 24.3 Å². The summed E-state index contributed by atoms with van der Waals surface area (Å²) in [6, 6.07) is 7.63. The number of fused-ring (bicyclic) bond motifs is 2. The number of nitrogens with zero attached hydrogens (tertiary/aromatic N) is 3. The van der Waals surface area contributed by atoms with Crippen LogP contribution in [0.4, 0.5) is 5.69 Å². The van der Waals surface area contributed by atoms with Gasteiger partial charge in [-0.15, -0.1) is 0 Å². The molecule has 1 amide bonds. The number of esters is 1. The molecule has 0 bridgehead atoms. The molecule has 1 aliphatic carbocycles. The Labute approximate surface area is 181 Å². The number of rotatable bonds is 4. The molecule has 31 heavy (non-hydrogen) atoms. The monoisotopic (exact) mass is 420 g/mol. The fourth-order valence-corrected chi connectivity index (χ4v) is 4.23. The van der Waals surface area contributed by atoms with Crippen molar-refractivity contribution in [1.82, 2.24) is 14.8 Å². The second-order valence-corrected chi connectivity index (χ2v) is 8.20. The summed E-state index contributed by atoms with van der Waals surface area (Å²) in [5.41, 5.74) is 5.49. The molecule has 7 heteroatoms. The lowest BCUT2D eigenvalue weighted by molar-refractivity contribution is -0.123. The molecule has 1 N–H and O–H groups in total. The average molecular weight is 421 g/mol. The Bertz CT molecular complexity index is 1170. The predicted octanol–water partition coefficient (Wildman–Crippen LogP) is 4.04. The molecule has 2 aromatic heterocycles. The topological polar surface area (TPSA) is 86.1 Å². The molecule has 2 heterocycles. The molecule has 0 fully saturated rings. The lowest BCUT2D eigenvalue weighted by atomic mass is 9.97. The standard InChI is InChI=1S/C24H28N4O3/c1-14-22(15(2)28(4)27-14)26-23(29)16(3)31-24(30)21-17-10-6-5-7-12-19(17)25-20-13-9-8-11-18(20)21/h8-9,11,13,16H,5-7,10,12H2,1-4H3,(H,26,29). The van der Waals surface area contributed by atoms with Crippen LogP contribution in [0.5, 0.6) is 0 Å². The normalized spacial score (nSPS) is 14.6. The molecule has 0 aliphatic heterocycles. The largest absolute Gasteiger partial charge is 0.449 e. The average Bonchev–Trinajstić information content (AvgIpc) is 2.91. The Hall–Kier alpha value is -3.22. The summed E-state index contributed by atoms with van der Waals surface area (Å²) < 4.78 is 7.37. The van der Waals surface area contributed by atoms with Crippen LogP contribution < -0.4 is 5.32 Å². The van der Waals surface area contributed by atoms with Crippen LogP contribution in [0.3, 0.4) is 0 Å². The minimum absolute atomic E-state index is 0.378. The van der Waals surface area contributed by atoms with Crippen molar-refractivity contribution in [3.05, 3.63) is 52.5 Å². The van der Waals surface area contributed by atoms with Crippen molar-refractivity contribution in [1.29, 1.82) is 0 Å². The van der Waals surface area contributed by atoms with Crippen LogP contribution in [-0.4, -0.2) is 32.7 Å². The van der Waals surface area contributed by atoms with Gasteiger partial charge in [0.15, 0.2) is 6.10 Å². The van der Waals surface area contributed by atoms with Crippen LogP contribution in [0.1, 0.15) is 59.2 Å². The Morgan fingerprint density at radius 2 is 1.87 bits per heavy atom. The Balaban J connectivity index is 1.62. The van der Waals surface area contributed by atoms with Crippen molar-refractivity contribution in [3.8, 4) is 0 Å². The predicted molar refractivity (Wildman–Crippen MR) is 119 cm³/mol. The van der Waals surface area contributed by atoms with E-state index in [1.165, 1.54) is 0 Å². The van der Waals surface area contributed by atoms with Crippen LogP contribution >= 0.6 is 0 Å². The number of pyridine rings is 1. The van der Waals surface area contributed by atoms with Gasteiger partial charge in [0.05, 0.1) is 28.2 Å². The van der Waals surface area contributed by atoms with E-state index >= 15 is 0 Å². The molecule has 162 valence electrons. The summed E-state index contributed by atoms with van der Waals surface area (Å²) in [5.74, 6) is -0.851. The number of aromatic nitrogens is 3. The van der Waals surface area contributed by atoms with E-state index in [1.54, 1.807) is 11.6 Å². The number of aryl methyl sites for hydroxylation is 3. The summed E-state index contributed by atoms with van der Waals surface area (Å²) >= 11 is 0. The van der Waals surface area contributed by atoms with Gasteiger partial charge in [0.25, 0.3) is 5.91 Å². The minimum atomic E-state index is -0.945. The van der Waals surface area contributed by atoms with Gasteiger partial charge < -0.3 is 10.1 Å². The third-order valence-corrected chi connectivity index (χ3v) is 6.03. The van der Waals surface area contributed by atoms with Gasteiger partial charge in [-0.2, -0.15) is 5.10 Å². The minimum Gasteiger partial charge on any atom is -0.449 e. The van der Waals surface area contributed by atoms with Gasteiger partial charge in [0.2, 0.25) is 0 Å². The number of benzene rings is 1. The Morgan fingerprint density at radius 3 is 2.61 bits per heavy atom. The molecule has 7 nitrogen and oxygen atoms in total. The number of anilines is 1. The molecule has 0 spiro atoms. The van der Waals surface area contributed by atoms with E-state index < -0.39 is 12.1 Å². The maximum Gasteiger partial charge on any atom is 0.339 e. The van der Waals surface area contributed by atoms with Gasteiger partial charge in [-0.25, -0.2) is 4.79 Å². The number of nitrogens with one attached hydrogen (secondary N) is 1. The smallest absolute Gasteiger partial charge is 0.339 e. The summed E-state index contributed by atoms with van der Waals surface area (Å²) in [6.45, 7) is 5.30. The fraction of sp³-hybridized carbons (Fsp3) is 0.417. The van der Waals surface area contributed by atoms with Gasteiger partial charge in [-0.1, -0.05) is 24.6 Å². The van der Waals surface area contributed by atoms with Crippen LogP contribution in [0.25, 0.3) is 10.9 Å². The summed E-state index contributed by atoms with van der Waals surface area (Å²) in [7, 11) is 1.82. The van der Waals surface area contributed by atoms with Crippen LogP contribution in [0, 0.1) is 13.8 Å². The summed E-state index contributed by atoms with van der Waals surface area (Å²) in [4.78, 5) is 30.9. The number of ether oxygens (including phenoxy) is 1. The highest BCUT2D eigenvalue weighted by Gasteiger charge is 2.26. The van der Waals surface area contributed by atoms with Crippen molar-refractivity contribution < 1.29 is 14.3 Å². The highest BCUT2D eigenvalue weighted by atomic mass is 16.5. The molecular weight excluding hydrogens is 392 g/mol. The second kappa shape index (κ2) is 8.49. The van der Waals surface area contributed by atoms with Gasteiger partial charge in [-0.3, -0.25) is 14.5 Å². The summed E-state index contributed by atoms with van der Waals surface area (Å²) in [5, 5.41) is 7.94. The molecule has 4 rings (SSSR count). The number of carbonyl (C=O) groups is 2. The first-order valence-corrected chi connectivity index (χ1v) is 10.8. The maximum absolute atomic E-state index is 13.3. The van der Waals surface area contributed by atoms with E-state index in [0.717, 1.165) is 65.7 Å². The first-order chi connectivity index (χ1) is 14.9. The van der Waals surface area contributed by atoms with E-state index in [1.807, 2.05) is 45.2 Å². The lowest BCUT2D eigenvalue weighted by Gasteiger charge is -2.18. The zero-order chi connectivity index (χ0) is 22.1. The quantitative estimate of drug-likeness (QED) is 0.509. The maximum atomic E-state index is 13.3. The molecule has 3 aromatic rings. The van der Waals surface area contributed by atoms with E-state index in [2.05, 4.69) is 10.4 Å². The van der Waals surface area contributed by atoms with Crippen molar-refractivity contribution >= 4 is 28.5 Å². The first kappa shape index (κ1) is 21.0. The Kier molecular flexibility index (Phi) is 5.76. The van der Waals surface area contributed by atoms with E-state index in [9.17, 15) is 9.59 Å². The lowest BCUT2D eigenvalue weighted by Crippen LogP contribution is -2.31. The number of amides is 1. The SMILES string of the molecule is Cc1nn(C)c(C)c1NC(=O)C(C)OC(=O)c1c2c(nc3ccccc13)CCCCC2. The molecule has 0 saturated heterocycles. The zero-order valence-corrected chi connectivity index (χ0v) is 18.5. The molecule has 0 radical (unpaired) electrons. The highest BCUT2D eigenvalue weighted by molar-refractivity contribution is 6.06. The van der Waals surface area contributed by atoms with Crippen LogP contribution in [-0.2, 0) is 29.4 Å². The van der Waals surface area contributed by atoms with Crippen molar-refractivity contribution in [3.63, 3.8) is 0 Å². The zero-order valence-electron chi connectivity index (χ0n) is 18.5. The van der Waals surface area contributed by atoms with E-state index in [4.69, 9.17) is 9.72 Å². The Morgan fingerprint density at radius 1 is 1.13 bits per heavy atom. The van der Waals surface area contributed by atoms with Gasteiger partial charge in [0, 0.05) is 18.1 Å². The molecule has 0 saturated carbocycles. The molecular formula is C24H28N4O3. The van der Waals surface area contributed by atoms with Crippen molar-refractivity contribution in [2.75, 3.05) is 5.32 Å². The first-order valence-electron chi connectivity index (χ1n) is 10.8. The van der Waals surface area contributed by atoms with Gasteiger partial charge in [0.1, 0.15) is 0 Å².